The van der Waals surface area contributed by atoms with E-state index in [0.29, 0.717) is 39.5 Å². The van der Waals surface area contributed by atoms with Gasteiger partial charge in [0.1, 0.15) is 16.4 Å². The molecule has 0 bridgehead atoms. The Kier molecular flexibility index (Phi) is 8.34. The van der Waals surface area contributed by atoms with Gasteiger partial charge < -0.3 is 20.7 Å². The number of benzene rings is 4. The number of ketones is 2. The Balaban J connectivity index is 1.45. The lowest BCUT2D eigenvalue weighted by molar-refractivity contribution is -0.116. The molecule has 0 aliphatic heterocycles. The minimum Gasteiger partial charge on any atom is -0.457 e. The molecule has 4 aromatic rings. The van der Waals surface area contributed by atoms with Crippen LogP contribution in [0, 0.1) is 0 Å². The topological polar surface area (TPSA) is 151 Å². The fourth-order valence-electron chi connectivity index (χ4n) is 4.95. The molecular weight excluding hydrogens is 582 g/mol. The van der Waals surface area contributed by atoms with E-state index in [1.807, 2.05) is 13.8 Å². The van der Waals surface area contributed by atoms with Crippen molar-refractivity contribution in [2.75, 3.05) is 10.6 Å². The van der Waals surface area contributed by atoms with Gasteiger partial charge in [-0.15, -0.1) is 0 Å². The van der Waals surface area contributed by atoms with Gasteiger partial charge >= 0.3 is 0 Å². The van der Waals surface area contributed by atoms with E-state index in [1.165, 1.54) is 18.2 Å². The molecule has 0 unspecified atom stereocenters. The van der Waals surface area contributed by atoms with E-state index in [-0.39, 0.29) is 41.0 Å². The summed E-state index contributed by atoms with van der Waals surface area (Å²) in [4.78, 5) is 38.6. The number of carbonyl (C=O) groups excluding carboxylic acids is 3. The second-order valence-electron chi connectivity index (χ2n) is 10.3. The molecule has 0 heterocycles. The van der Waals surface area contributed by atoms with Gasteiger partial charge in [0, 0.05) is 40.7 Å². The summed E-state index contributed by atoms with van der Waals surface area (Å²) in [7, 11) is -4.61. The Labute approximate surface area is 254 Å². The fourth-order valence-corrected chi connectivity index (χ4v) is 5.69. The summed E-state index contributed by atoms with van der Waals surface area (Å²) in [5, 5.41) is 9.01. The van der Waals surface area contributed by atoms with Gasteiger partial charge in [0.05, 0.1) is 16.8 Å². The summed E-state index contributed by atoms with van der Waals surface area (Å²) in [6.45, 7) is 7.03. The summed E-state index contributed by atoms with van der Waals surface area (Å²) >= 11 is 0. The Morgan fingerprint density at radius 1 is 0.886 bits per heavy atom. The van der Waals surface area contributed by atoms with Crippen molar-refractivity contribution in [3.05, 3.63) is 119 Å². The second-order valence-corrected chi connectivity index (χ2v) is 11.7. The van der Waals surface area contributed by atoms with Gasteiger partial charge in [-0.2, -0.15) is 8.42 Å². The first kappa shape index (κ1) is 30.2. The molecule has 0 fully saturated rings. The number of fused-ring (bicyclic) bond motifs is 2. The van der Waals surface area contributed by atoms with Gasteiger partial charge in [0.2, 0.25) is 5.91 Å². The van der Waals surface area contributed by atoms with Crippen LogP contribution in [0.3, 0.4) is 0 Å². The highest BCUT2D eigenvalue weighted by atomic mass is 32.2. The van der Waals surface area contributed by atoms with E-state index in [1.54, 1.807) is 60.7 Å². The normalized spacial score (nSPS) is 12.3. The van der Waals surface area contributed by atoms with Crippen molar-refractivity contribution >= 4 is 44.7 Å². The molecule has 11 heteroatoms. The first-order chi connectivity index (χ1) is 21.0. The van der Waals surface area contributed by atoms with E-state index in [2.05, 4.69) is 22.5 Å². The number of anilines is 3. The number of ether oxygens (including phenoxy) is 1. The summed E-state index contributed by atoms with van der Waals surface area (Å²) in [6, 6.07) is 21.1. The quantitative estimate of drug-likeness (QED) is 0.112. The van der Waals surface area contributed by atoms with Crippen LogP contribution in [0.4, 0.5) is 17.1 Å². The van der Waals surface area contributed by atoms with Gasteiger partial charge in [-0.05, 0) is 68.5 Å². The van der Waals surface area contributed by atoms with Crippen molar-refractivity contribution in [3.63, 3.8) is 0 Å². The summed E-state index contributed by atoms with van der Waals surface area (Å²) < 4.78 is 39.6. The number of rotatable bonds is 10. The average molecular weight is 612 g/mol. The first-order valence-corrected chi connectivity index (χ1v) is 15.1. The highest BCUT2D eigenvalue weighted by Crippen LogP contribution is 2.38. The maximum Gasteiger partial charge on any atom is 0.294 e. The minimum atomic E-state index is -4.61. The Morgan fingerprint density at radius 3 is 2.09 bits per heavy atom. The summed E-state index contributed by atoms with van der Waals surface area (Å²) in [5.74, 6) is -0.596. The molecule has 0 saturated heterocycles. The zero-order chi connectivity index (χ0) is 31.6. The standard InChI is InChI=1S/C33H29N3O7S/c1-4-29(37)34-18-24-27(10-7-11-28(24)44(40,41)42)43-21-14-12-20(13-15-21)36-26-17-16-25(35-19(2)3)30-31(26)33(39)23-9-6-5-8-22(23)32(30)38/h4-17,19,35-36H,1,18H2,2-3H3,(H,34,37)(H,40,41,42). The van der Waals surface area contributed by atoms with Crippen molar-refractivity contribution in [1.82, 2.24) is 5.32 Å². The molecule has 224 valence electrons. The predicted molar refractivity (Wildman–Crippen MR) is 167 cm³/mol. The van der Waals surface area contributed by atoms with Gasteiger partial charge in [-0.25, -0.2) is 0 Å². The molecule has 0 aromatic heterocycles. The Morgan fingerprint density at radius 2 is 1.50 bits per heavy atom. The van der Waals surface area contributed by atoms with E-state index in [4.69, 9.17) is 4.74 Å². The molecular formula is C33H29N3O7S. The summed E-state index contributed by atoms with van der Waals surface area (Å²) in [5.41, 5.74) is 2.95. The fraction of sp³-hybridized carbons (Fsp3) is 0.121. The lowest BCUT2D eigenvalue weighted by atomic mass is 9.82. The van der Waals surface area contributed by atoms with Gasteiger partial charge in [0.15, 0.2) is 11.6 Å². The summed E-state index contributed by atoms with van der Waals surface area (Å²) in [6.07, 6.45) is 1.04. The lowest BCUT2D eigenvalue weighted by Gasteiger charge is -2.24. The van der Waals surface area contributed by atoms with Crippen LogP contribution >= 0.6 is 0 Å². The van der Waals surface area contributed by atoms with Crippen LogP contribution in [-0.4, -0.2) is 36.5 Å². The molecule has 1 amide bonds. The predicted octanol–water partition coefficient (Wildman–Crippen LogP) is 5.87. The van der Waals surface area contributed by atoms with E-state index >= 15 is 0 Å². The molecule has 0 radical (unpaired) electrons. The van der Waals surface area contributed by atoms with E-state index < -0.39 is 20.9 Å². The van der Waals surface area contributed by atoms with Crippen molar-refractivity contribution < 1.29 is 32.1 Å². The maximum absolute atomic E-state index is 13.7. The van der Waals surface area contributed by atoms with Gasteiger partial charge in [-0.3, -0.25) is 18.9 Å². The van der Waals surface area contributed by atoms with Crippen molar-refractivity contribution in [3.8, 4) is 11.5 Å². The lowest BCUT2D eigenvalue weighted by Crippen LogP contribution is -2.25. The molecule has 44 heavy (non-hydrogen) atoms. The third-order valence-corrected chi connectivity index (χ3v) is 7.81. The smallest absolute Gasteiger partial charge is 0.294 e. The van der Waals surface area contributed by atoms with Crippen LogP contribution in [0.2, 0.25) is 0 Å². The molecule has 4 aromatic carbocycles. The number of nitrogens with one attached hydrogen (secondary N) is 3. The molecule has 4 N–H and O–H groups in total. The highest BCUT2D eigenvalue weighted by molar-refractivity contribution is 7.85. The molecule has 1 aliphatic rings. The number of hydrogen-bond donors (Lipinski definition) is 4. The third kappa shape index (κ3) is 6.10. The molecule has 0 saturated carbocycles. The van der Waals surface area contributed by atoms with Crippen molar-refractivity contribution in [1.29, 1.82) is 0 Å². The zero-order valence-electron chi connectivity index (χ0n) is 23.9. The number of carbonyl (C=O) groups is 3. The third-order valence-electron chi connectivity index (χ3n) is 6.87. The molecule has 0 spiro atoms. The second kappa shape index (κ2) is 12.2. The SMILES string of the molecule is C=CC(=O)NCc1c(Oc2ccc(Nc3ccc(NC(C)C)c4c3C(=O)c3ccccc3C4=O)cc2)cccc1S(=O)(=O)O. The van der Waals surface area contributed by atoms with Crippen LogP contribution in [0.25, 0.3) is 0 Å². The highest BCUT2D eigenvalue weighted by Gasteiger charge is 2.34. The van der Waals surface area contributed by atoms with Crippen molar-refractivity contribution in [2.45, 2.75) is 31.3 Å². The van der Waals surface area contributed by atoms with Crippen molar-refractivity contribution in [2.24, 2.45) is 0 Å². The van der Waals surface area contributed by atoms with Crippen LogP contribution in [0.5, 0.6) is 11.5 Å². The van der Waals surface area contributed by atoms with Crippen LogP contribution in [-0.2, 0) is 21.5 Å². The largest absolute Gasteiger partial charge is 0.457 e. The van der Waals surface area contributed by atoms with Crippen LogP contribution in [0.1, 0.15) is 51.3 Å². The first-order valence-electron chi connectivity index (χ1n) is 13.6. The maximum atomic E-state index is 13.7. The molecule has 10 nitrogen and oxygen atoms in total. The molecule has 0 atom stereocenters. The molecule has 1 aliphatic carbocycles. The number of hydrogen-bond acceptors (Lipinski definition) is 8. The average Bonchev–Trinajstić information content (AvgIpc) is 2.99. The van der Waals surface area contributed by atoms with Gasteiger partial charge in [0.25, 0.3) is 10.1 Å². The monoisotopic (exact) mass is 611 g/mol. The molecule has 5 rings (SSSR count). The van der Waals surface area contributed by atoms with E-state index in [0.717, 1.165) is 6.08 Å². The van der Waals surface area contributed by atoms with Crippen LogP contribution in [0.15, 0.2) is 96.4 Å². The van der Waals surface area contributed by atoms with E-state index in [9.17, 15) is 27.4 Å². The van der Waals surface area contributed by atoms with Gasteiger partial charge in [-0.1, -0.05) is 36.9 Å². The Bertz CT molecular complexity index is 1920. The zero-order valence-corrected chi connectivity index (χ0v) is 24.7. The Hall–Kier alpha value is -5.26. The minimum absolute atomic E-state index is 0.0301. The number of amides is 1. The van der Waals surface area contributed by atoms with Crippen LogP contribution < -0.4 is 20.7 Å².